The smallest absolute Gasteiger partial charge is 0.313 e. The Morgan fingerprint density at radius 2 is 2.14 bits per heavy atom. The lowest BCUT2D eigenvalue weighted by Crippen LogP contribution is -2.34. The maximum Gasteiger partial charge on any atom is 0.313 e. The van der Waals surface area contributed by atoms with E-state index in [1.807, 2.05) is 18.3 Å². The van der Waals surface area contributed by atoms with Crippen LogP contribution >= 0.6 is 0 Å². The molecule has 2 N–H and O–H groups in total. The van der Waals surface area contributed by atoms with Gasteiger partial charge < -0.3 is 15.1 Å². The predicted molar refractivity (Wildman–Crippen MR) is 108 cm³/mol. The van der Waals surface area contributed by atoms with Crippen molar-refractivity contribution in [2.24, 2.45) is 5.92 Å². The number of allylic oxidation sites excluding steroid dienone is 1. The van der Waals surface area contributed by atoms with Crippen LogP contribution in [-0.4, -0.2) is 33.3 Å². The topological polar surface area (TPSA) is 94.0 Å². The summed E-state index contributed by atoms with van der Waals surface area (Å²) < 4.78 is 5.38. The van der Waals surface area contributed by atoms with Gasteiger partial charge in [-0.25, -0.2) is 9.97 Å². The molecule has 0 bridgehead atoms. The van der Waals surface area contributed by atoms with E-state index >= 15 is 0 Å². The number of aromatic nitrogens is 4. The first kappa shape index (κ1) is 16.9. The van der Waals surface area contributed by atoms with E-state index in [1.54, 1.807) is 0 Å². The van der Waals surface area contributed by atoms with E-state index in [1.165, 1.54) is 18.4 Å². The van der Waals surface area contributed by atoms with Gasteiger partial charge in [0.15, 0.2) is 5.82 Å². The van der Waals surface area contributed by atoms with E-state index in [2.05, 4.69) is 45.2 Å². The summed E-state index contributed by atoms with van der Waals surface area (Å²) in [5.41, 5.74) is 9.82. The third kappa shape index (κ3) is 3.02. The van der Waals surface area contributed by atoms with Gasteiger partial charge in [0, 0.05) is 30.4 Å². The number of nitrogens with zero attached hydrogens (tertiary/aromatic N) is 5. The zero-order valence-corrected chi connectivity index (χ0v) is 15.8. The van der Waals surface area contributed by atoms with Crippen LogP contribution in [-0.2, 0) is 6.42 Å². The molecule has 2 aromatic heterocycles. The Bertz CT molecular complexity index is 1060. The van der Waals surface area contributed by atoms with Crippen molar-refractivity contribution in [3.63, 3.8) is 0 Å². The molecule has 0 spiro atoms. The van der Waals surface area contributed by atoms with Gasteiger partial charge in [0.25, 0.3) is 0 Å². The third-order valence-corrected chi connectivity index (χ3v) is 5.48. The first-order valence-corrected chi connectivity index (χ1v) is 9.68. The molecule has 3 heterocycles. The second-order valence-electron chi connectivity index (χ2n) is 7.57. The van der Waals surface area contributed by atoms with Crippen LogP contribution in [0, 0.1) is 5.92 Å². The number of nitrogens with two attached hydrogens (primary N) is 1. The SMILES string of the molecule is C[C@@H]1CCCN(c2ccnc(C3=CCc4ccc(-c5nnc(N)o5)cc43)n2)C1. The number of hydrogen-bond acceptors (Lipinski definition) is 7. The van der Waals surface area contributed by atoms with E-state index in [9.17, 15) is 0 Å². The summed E-state index contributed by atoms with van der Waals surface area (Å²) in [4.78, 5) is 11.8. The first-order valence-electron chi connectivity index (χ1n) is 9.68. The van der Waals surface area contributed by atoms with E-state index in [0.717, 1.165) is 47.9 Å². The Kier molecular flexibility index (Phi) is 4.07. The molecular weight excluding hydrogens is 352 g/mol. The van der Waals surface area contributed by atoms with Crippen molar-refractivity contribution in [1.29, 1.82) is 0 Å². The molecule has 0 radical (unpaired) electrons. The Balaban J connectivity index is 1.48. The fourth-order valence-corrected chi connectivity index (χ4v) is 4.08. The molecule has 1 atom stereocenters. The van der Waals surface area contributed by atoms with E-state index in [4.69, 9.17) is 15.1 Å². The standard InChI is InChI=1S/C21H22N6O/c1-13-3-2-10-27(12-13)18-8-9-23-19(24-18)16-7-6-14-4-5-15(11-17(14)16)20-25-26-21(22)28-20/h4-5,7-9,11,13H,2-3,6,10,12H2,1H3,(H2,22,26)/t13-/m1/s1. The van der Waals surface area contributed by atoms with Crippen LogP contribution < -0.4 is 10.6 Å². The monoisotopic (exact) mass is 374 g/mol. The van der Waals surface area contributed by atoms with Crippen LogP contribution in [0.15, 0.2) is 41.0 Å². The predicted octanol–water partition coefficient (Wildman–Crippen LogP) is 3.33. The minimum Gasteiger partial charge on any atom is -0.404 e. The number of rotatable bonds is 3. The van der Waals surface area contributed by atoms with Crippen LogP contribution in [0.2, 0.25) is 0 Å². The summed E-state index contributed by atoms with van der Waals surface area (Å²) in [5.74, 6) is 2.88. The van der Waals surface area contributed by atoms with Crippen molar-refractivity contribution in [1.82, 2.24) is 20.2 Å². The Hall–Kier alpha value is -3.22. The fraction of sp³-hybridized carbons (Fsp3) is 0.333. The molecule has 0 saturated carbocycles. The highest BCUT2D eigenvalue weighted by Gasteiger charge is 2.22. The van der Waals surface area contributed by atoms with Crippen molar-refractivity contribution < 1.29 is 4.42 Å². The zero-order chi connectivity index (χ0) is 19.1. The number of anilines is 2. The molecule has 142 valence electrons. The molecule has 1 fully saturated rings. The van der Waals surface area contributed by atoms with Crippen LogP contribution in [0.5, 0.6) is 0 Å². The van der Waals surface area contributed by atoms with Gasteiger partial charge in [-0.05, 0) is 54.5 Å². The average Bonchev–Trinajstić information content (AvgIpc) is 3.34. The normalized spacial score (nSPS) is 18.8. The van der Waals surface area contributed by atoms with Gasteiger partial charge in [0.2, 0.25) is 5.89 Å². The average molecular weight is 374 g/mol. The van der Waals surface area contributed by atoms with Crippen LogP contribution in [0.3, 0.4) is 0 Å². The molecule has 1 aliphatic heterocycles. The Morgan fingerprint density at radius 1 is 1.21 bits per heavy atom. The van der Waals surface area contributed by atoms with Crippen molar-refractivity contribution >= 4 is 17.4 Å². The zero-order valence-electron chi connectivity index (χ0n) is 15.8. The molecular formula is C21H22N6O. The number of fused-ring (bicyclic) bond motifs is 1. The summed E-state index contributed by atoms with van der Waals surface area (Å²) in [6.07, 6.45) is 7.41. The van der Waals surface area contributed by atoms with Gasteiger partial charge in [0.05, 0.1) is 0 Å². The second kappa shape index (κ2) is 6.74. The molecule has 7 nitrogen and oxygen atoms in total. The van der Waals surface area contributed by atoms with Gasteiger partial charge in [-0.15, -0.1) is 5.10 Å². The Morgan fingerprint density at radius 3 is 2.96 bits per heavy atom. The first-order chi connectivity index (χ1) is 13.7. The molecule has 1 aliphatic carbocycles. The second-order valence-corrected chi connectivity index (χ2v) is 7.57. The van der Waals surface area contributed by atoms with Gasteiger partial charge >= 0.3 is 6.01 Å². The highest BCUT2D eigenvalue weighted by atomic mass is 16.4. The largest absolute Gasteiger partial charge is 0.404 e. The molecule has 3 aromatic rings. The molecule has 5 rings (SSSR count). The van der Waals surface area contributed by atoms with E-state index in [0.29, 0.717) is 11.8 Å². The lowest BCUT2D eigenvalue weighted by atomic mass is 10.0. The van der Waals surface area contributed by atoms with Gasteiger partial charge in [-0.2, -0.15) is 0 Å². The summed E-state index contributed by atoms with van der Waals surface area (Å²) in [6, 6.07) is 8.20. The van der Waals surface area contributed by atoms with Crippen molar-refractivity contribution in [3.8, 4) is 11.5 Å². The maximum absolute atomic E-state index is 5.57. The van der Waals surface area contributed by atoms with Gasteiger partial charge in [-0.1, -0.05) is 24.2 Å². The van der Waals surface area contributed by atoms with Gasteiger partial charge in [0.1, 0.15) is 5.82 Å². The molecule has 1 aromatic carbocycles. The molecule has 1 saturated heterocycles. The lowest BCUT2D eigenvalue weighted by molar-refractivity contribution is 0.444. The lowest BCUT2D eigenvalue weighted by Gasteiger charge is -2.31. The number of hydrogen-bond donors (Lipinski definition) is 1. The summed E-state index contributed by atoms with van der Waals surface area (Å²) in [5, 5.41) is 7.74. The van der Waals surface area contributed by atoms with Crippen molar-refractivity contribution in [2.75, 3.05) is 23.7 Å². The van der Waals surface area contributed by atoms with E-state index in [-0.39, 0.29) is 6.01 Å². The van der Waals surface area contributed by atoms with Crippen molar-refractivity contribution in [3.05, 3.63) is 53.5 Å². The van der Waals surface area contributed by atoms with Crippen molar-refractivity contribution in [2.45, 2.75) is 26.2 Å². The minimum absolute atomic E-state index is 0.0676. The summed E-state index contributed by atoms with van der Waals surface area (Å²) >= 11 is 0. The molecule has 0 unspecified atom stereocenters. The number of piperidine rings is 1. The minimum atomic E-state index is 0.0676. The quantitative estimate of drug-likeness (QED) is 0.751. The third-order valence-electron chi connectivity index (χ3n) is 5.48. The van der Waals surface area contributed by atoms with Gasteiger partial charge in [-0.3, -0.25) is 0 Å². The maximum atomic E-state index is 5.57. The van der Waals surface area contributed by atoms with Crippen LogP contribution in [0.1, 0.15) is 36.7 Å². The van der Waals surface area contributed by atoms with Crippen LogP contribution in [0.4, 0.5) is 11.8 Å². The Labute approximate surface area is 163 Å². The summed E-state index contributed by atoms with van der Waals surface area (Å²) in [6.45, 7) is 4.41. The highest BCUT2D eigenvalue weighted by molar-refractivity contribution is 5.84. The fourth-order valence-electron chi connectivity index (χ4n) is 4.08. The van der Waals surface area contributed by atoms with Crippen LogP contribution in [0.25, 0.3) is 17.0 Å². The molecule has 0 amide bonds. The molecule has 2 aliphatic rings. The van der Waals surface area contributed by atoms with E-state index < -0.39 is 0 Å². The highest BCUT2D eigenvalue weighted by Crippen LogP contribution is 2.35. The molecule has 28 heavy (non-hydrogen) atoms. The number of benzene rings is 1. The summed E-state index contributed by atoms with van der Waals surface area (Å²) in [7, 11) is 0. The molecule has 7 heteroatoms. The number of nitrogen functional groups attached to an aromatic ring is 1.